The molecular weight excluding hydrogens is 432 g/mol. The highest BCUT2D eigenvalue weighted by Gasteiger charge is 2.36. The SMILES string of the molecule is CCOC(=O)C1=C(C)OC(N)=C(C#N)[C@H]1c1ccc(OCc2ccccc2Cl)c(OC)c1. The Hall–Kier alpha value is -3.63. The summed E-state index contributed by atoms with van der Waals surface area (Å²) >= 11 is 6.20. The first-order chi connectivity index (χ1) is 15.4. The third-order valence-electron chi connectivity index (χ3n) is 4.96. The van der Waals surface area contributed by atoms with Gasteiger partial charge in [0.1, 0.15) is 24.0 Å². The van der Waals surface area contributed by atoms with E-state index in [1.807, 2.05) is 18.2 Å². The van der Waals surface area contributed by atoms with E-state index in [0.717, 1.165) is 5.56 Å². The molecule has 2 aromatic rings. The molecule has 1 aliphatic heterocycles. The molecule has 8 heteroatoms. The predicted molar refractivity (Wildman–Crippen MR) is 119 cm³/mol. The first-order valence-electron chi connectivity index (χ1n) is 9.90. The summed E-state index contributed by atoms with van der Waals surface area (Å²) in [4.78, 5) is 12.7. The lowest BCUT2D eigenvalue weighted by Gasteiger charge is -2.27. The van der Waals surface area contributed by atoms with Gasteiger partial charge >= 0.3 is 5.97 Å². The van der Waals surface area contributed by atoms with Crippen molar-refractivity contribution in [2.24, 2.45) is 5.73 Å². The summed E-state index contributed by atoms with van der Waals surface area (Å²) in [7, 11) is 1.51. The van der Waals surface area contributed by atoms with E-state index in [9.17, 15) is 10.1 Å². The second kappa shape index (κ2) is 10.1. The Morgan fingerprint density at radius 2 is 2.00 bits per heavy atom. The maximum absolute atomic E-state index is 12.7. The molecule has 2 N–H and O–H groups in total. The molecule has 2 aromatic carbocycles. The van der Waals surface area contributed by atoms with Crippen LogP contribution in [-0.4, -0.2) is 19.7 Å². The van der Waals surface area contributed by atoms with Gasteiger partial charge in [0.2, 0.25) is 5.88 Å². The molecule has 1 heterocycles. The number of allylic oxidation sites excluding steroid dienone is 2. The van der Waals surface area contributed by atoms with E-state index in [4.69, 9.17) is 36.3 Å². The highest BCUT2D eigenvalue weighted by molar-refractivity contribution is 6.31. The van der Waals surface area contributed by atoms with Gasteiger partial charge in [-0.3, -0.25) is 0 Å². The van der Waals surface area contributed by atoms with E-state index in [0.29, 0.717) is 22.1 Å². The van der Waals surface area contributed by atoms with E-state index in [-0.39, 0.29) is 36.0 Å². The lowest BCUT2D eigenvalue weighted by Crippen LogP contribution is -2.25. The van der Waals surface area contributed by atoms with Crippen LogP contribution >= 0.6 is 11.6 Å². The van der Waals surface area contributed by atoms with E-state index in [2.05, 4.69) is 6.07 Å². The van der Waals surface area contributed by atoms with Crippen LogP contribution in [0.25, 0.3) is 0 Å². The Morgan fingerprint density at radius 3 is 2.66 bits per heavy atom. The summed E-state index contributed by atoms with van der Waals surface area (Å²) in [5.74, 6) is -0.202. The van der Waals surface area contributed by atoms with Crippen LogP contribution in [0.2, 0.25) is 5.02 Å². The summed E-state index contributed by atoms with van der Waals surface area (Å²) in [6.07, 6.45) is 0. The van der Waals surface area contributed by atoms with Crippen molar-refractivity contribution < 1.29 is 23.7 Å². The van der Waals surface area contributed by atoms with Crippen LogP contribution in [0.15, 0.2) is 65.3 Å². The summed E-state index contributed by atoms with van der Waals surface area (Å²) < 4.78 is 22.1. The number of nitrogens with two attached hydrogens (primary N) is 1. The van der Waals surface area contributed by atoms with Crippen LogP contribution in [0, 0.1) is 11.3 Å². The Labute approximate surface area is 191 Å². The Balaban J connectivity index is 1.99. The lowest BCUT2D eigenvalue weighted by molar-refractivity contribution is -0.139. The fraction of sp³-hybridized carbons (Fsp3) is 0.250. The summed E-state index contributed by atoms with van der Waals surface area (Å²) in [6.45, 7) is 3.74. The van der Waals surface area contributed by atoms with Crippen molar-refractivity contribution in [1.82, 2.24) is 0 Å². The molecule has 0 aliphatic carbocycles. The van der Waals surface area contributed by atoms with Gasteiger partial charge in [-0.1, -0.05) is 35.9 Å². The van der Waals surface area contributed by atoms with Crippen molar-refractivity contribution in [2.45, 2.75) is 26.4 Å². The van der Waals surface area contributed by atoms with Gasteiger partial charge in [0.25, 0.3) is 0 Å². The third-order valence-corrected chi connectivity index (χ3v) is 5.33. The standard InChI is InChI=1S/C24H23ClN2O5/c1-4-30-24(28)21-14(2)32-23(27)17(12-26)22(21)15-9-10-19(20(11-15)29-3)31-13-16-7-5-6-8-18(16)25/h5-11,22H,4,13,27H2,1-3H3/t22-/m1/s1. The van der Waals surface area contributed by atoms with Gasteiger partial charge in [-0.25, -0.2) is 4.79 Å². The number of methoxy groups -OCH3 is 1. The molecule has 0 radical (unpaired) electrons. The molecule has 7 nitrogen and oxygen atoms in total. The molecule has 0 spiro atoms. The number of ether oxygens (including phenoxy) is 4. The molecule has 1 aliphatic rings. The van der Waals surface area contributed by atoms with Crippen LogP contribution in [0.5, 0.6) is 11.5 Å². The van der Waals surface area contributed by atoms with Crippen molar-refractivity contribution in [1.29, 1.82) is 5.26 Å². The molecule has 0 fully saturated rings. The minimum Gasteiger partial charge on any atom is -0.493 e. The van der Waals surface area contributed by atoms with E-state index < -0.39 is 11.9 Å². The number of hydrogen-bond acceptors (Lipinski definition) is 7. The van der Waals surface area contributed by atoms with Crippen LogP contribution in [0.4, 0.5) is 0 Å². The zero-order valence-electron chi connectivity index (χ0n) is 18.0. The summed E-state index contributed by atoms with van der Waals surface area (Å²) in [5.41, 5.74) is 7.72. The normalized spacial score (nSPS) is 15.7. The molecule has 3 rings (SSSR count). The number of hydrogen-bond donors (Lipinski definition) is 1. The first kappa shape index (κ1) is 23.0. The monoisotopic (exact) mass is 454 g/mol. The van der Waals surface area contributed by atoms with Crippen LogP contribution < -0.4 is 15.2 Å². The van der Waals surface area contributed by atoms with E-state index >= 15 is 0 Å². The predicted octanol–water partition coefficient (Wildman–Crippen LogP) is 4.57. The van der Waals surface area contributed by atoms with Gasteiger partial charge in [0, 0.05) is 10.6 Å². The first-order valence-corrected chi connectivity index (χ1v) is 10.3. The topological polar surface area (TPSA) is 104 Å². The third kappa shape index (κ3) is 4.66. The number of nitrogens with zero attached hydrogens (tertiary/aromatic N) is 1. The van der Waals surface area contributed by atoms with Crippen molar-refractivity contribution in [3.8, 4) is 17.6 Å². The lowest BCUT2D eigenvalue weighted by atomic mass is 9.83. The zero-order chi connectivity index (χ0) is 23.3. The van der Waals surface area contributed by atoms with Gasteiger partial charge in [-0.15, -0.1) is 0 Å². The molecule has 0 unspecified atom stereocenters. The highest BCUT2D eigenvalue weighted by Crippen LogP contribution is 2.42. The molecule has 0 saturated carbocycles. The van der Waals surface area contributed by atoms with Gasteiger partial charge < -0.3 is 24.7 Å². The molecule has 166 valence electrons. The number of benzene rings is 2. The van der Waals surface area contributed by atoms with E-state index in [1.165, 1.54) is 7.11 Å². The Morgan fingerprint density at radius 1 is 1.25 bits per heavy atom. The second-order valence-corrected chi connectivity index (χ2v) is 7.31. The number of esters is 1. The summed E-state index contributed by atoms with van der Waals surface area (Å²) in [6, 6.07) is 14.6. The maximum Gasteiger partial charge on any atom is 0.338 e. The van der Waals surface area contributed by atoms with Gasteiger partial charge in [0.15, 0.2) is 11.5 Å². The minimum absolute atomic E-state index is 0.0546. The average Bonchev–Trinajstić information content (AvgIpc) is 2.78. The number of carbonyl (C=O) groups is 1. The fourth-order valence-corrected chi connectivity index (χ4v) is 3.63. The van der Waals surface area contributed by atoms with Crippen LogP contribution in [0.3, 0.4) is 0 Å². The number of rotatable bonds is 7. The van der Waals surface area contributed by atoms with E-state index in [1.54, 1.807) is 38.1 Å². The van der Waals surface area contributed by atoms with Crippen LogP contribution in [0.1, 0.15) is 30.9 Å². The highest BCUT2D eigenvalue weighted by atomic mass is 35.5. The molecule has 0 amide bonds. The largest absolute Gasteiger partial charge is 0.493 e. The van der Waals surface area contributed by atoms with Gasteiger partial charge in [0.05, 0.1) is 25.2 Å². The second-order valence-electron chi connectivity index (χ2n) is 6.91. The summed E-state index contributed by atoms with van der Waals surface area (Å²) in [5, 5.41) is 10.3. The molecule has 0 aromatic heterocycles. The number of carbonyl (C=O) groups excluding carboxylic acids is 1. The average molecular weight is 455 g/mol. The van der Waals surface area contributed by atoms with Crippen molar-refractivity contribution in [3.05, 3.63) is 81.4 Å². The van der Waals surface area contributed by atoms with Crippen molar-refractivity contribution >= 4 is 17.6 Å². The smallest absolute Gasteiger partial charge is 0.338 e. The number of nitriles is 1. The molecule has 0 bridgehead atoms. The Kier molecular flexibility index (Phi) is 7.29. The molecule has 32 heavy (non-hydrogen) atoms. The fourth-order valence-electron chi connectivity index (χ4n) is 3.44. The quantitative estimate of drug-likeness (QED) is 0.611. The number of halogens is 1. The van der Waals surface area contributed by atoms with Crippen molar-refractivity contribution in [2.75, 3.05) is 13.7 Å². The Bertz CT molecular complexity index is 1130. The molecular formula is C24H23ClN2O5. The maximum atomic E-state index is 12.7. The minimum atomic E-state index is -0.765. The molecule has 1 atom stereocenters. The van der Waals surface area contributed by atoms with Crippen LogP contribution in [-0.2, 0) is 20.9 Å². The molecule has 0 saturated heterocycles. The van der Waals surface area contributed by atoms with Crippen molar-refractivity contribution in [3.63, 3.8) is 0 Å². The van der Waals surface area contributed by atoms with Gasteiger partial charge in [-0.05, 0) is 37.6 Å². The zero-order valence-corrected chi connectivity index (χ0v) is 18.7. The van der Waals surface area contributed by atoms with Gasteiger partial charge in [-0.2, -0.15) is 5.26 Å².